The van der Waals surface area contributed by atoms with Crippen LogP contribution in [0.5, 0.6) is 0 Å². The molecule has 158 valence electrons. The van der Waals surface area contributed by atoms with Crippen molar-refractivity contribution in [1.82, 2.24) is 0 Å². The Labute approximate surface area is 170 Å². The van der Waals surface area contributed by atoms with Crippen LogP contribution < -0.4 is 10.2 Å². The molecule has 1 atom stereocenters. The van der Waals surface area contributed by atoms with Gasteiger partial charge in [0.2, 0.25) is 5.91 Å². The van der Waals surface area contributed by atoms with E-state index in [0.717, 1.165) is 17.7 Å². The van der Waals surface area contributed by atoms with Crippen LogP contribution in [0.1, 0.15) is 17.5 Å². The van der Waals surface area contributed by atoms with Crippen LogP contribution in [0.3, 0.4) is 0 Å². The zero-order valence-electron chi connectivity index (χ0n) is 16.0. The summed E-state index contributed by atoms with van der Waals surface area (Å²) in [5, 5.41) is 2.10. The van der Waals surface area contributed by atoms with Crippen molar-refractivity contribution in [2.75, 3.05) is 23.4 Å². The first-order valence-corrected chi connectivity index (χ1v) is 9.15. The second kappa shape index (κ2) is 8.56. The van der Waals surface area contributed by atoms with E-state index in [-0.39, 0.29) is 18.9 Å². The highest BCUT2D eigenvalue weighted by Gasteiger charge is 2.37. The van der Waals surface area contributed by atoms with Crippen LogP contribution in [-0.2, 0) is 25.3 Å². The topological polar surface area (TPSA) is 75.7 Å². The van der Waals surface area contributed by atoms with E-state index in [1.807, 2.05) is 19.1 Å². The van der Waals surface area contributed by atoms with Crippen LogP contribution in [0.2, 0.25) is 0 Å². The molecule has 0 radical (unpaired) electrons. The van der Waals surface area contributed by atoms with Gasteiger partial charge in [-0.3, -0.25) is 14.4 Å². The summed E-state index contributed by atoms with van der Waals surface area (Å²) in [6.07, 6.45) is -4.70. The SMILES string of the molecule is Cc1cccc(N2C[C@@H](C(=O)OCC(=O)Nc3ccccc3C(F)(F)F)CC2=O)c1. The molecule has 3 rings (SSSR count). The van der Waals surface area contributed by atoms with E-state index < -0.39 is 41.8 Å². The molecule has 6 nitrogen and oxygen atoms in total. The second-order valence-corrected chi connectivity index (χ2v) is 6.94. The molecule has 1 aliphatic rings. The van der Waals surface area contributed by atoms with E-state index >= 15 is 0 Å². The van der Waals surface area contributed by atoms with Gasteiger partial charge in [-0.05, 0) is 36.8 Å². The van der Waals surface area contributed by atoms with Gasteiger partial charge in [-0.1, -0.05) is 24.3 Å². The largest absolute Gasteiger partial charge is 0.455 e. The Morgan fingerprint density at radius 3 is 2.60 bits per heavy atom. The van der Waals surface area contributed by atoms with Crippen LogP contribution in [0.4, 0.5) is 24.5 Å². The average molecular weight is 420 g/mol. The van der Waals surface area contributed by atoms with Crippen molar-refractivity contribution in [3.8, 4) is 0 Å². The van der Waals surface area contributed by atoms with Crippen molar-refractivity contribution in [3.63, 3.8) is 0 Å². The highest BCUT2D eigenvalue weighted by Crippen LogP contribution is 2.34. The zero-order valence-corrected chi connectivity index (χ0v) is 16.0. The minimum atomic E-state index is -4.63. The molecule has 0 aromatic heterocycles. The minimum absolute atomic E-state index is 0.0642. The lowest BCUT2D eigenvalue weighted by molar-refractivity contribution is -0.151. The Balaban J connectivity index is 1.56. The van der Waals surface area contributed by atoms with Gasteiger partial charge < -0.3 is 15.0 Å². The lowest BCUT2D eigenvalue weighted by Crippen LogP contribution is -2.28. The summed E-state index contributed by atoms with van der Waals surface area (Å²) in [7, 11) is 0. The number of nitrogens with one attached hydrogen (secondary N) is 1. The van der Waals surface area contributed by atoms with E-state index in [2.05, 4.69) is 5.32 Å². The fraction of sp³-hybridized carbons (Fsp3) is 0.286. The van der Waals surface area contributed by atoms with Crippen LogP contribution >= 0.6 is 0 Å². The number of esters is 1. The van der Waals surface area contributed by atoms with Crippen LogP contribution in [0.15, 0.2) is 48.5 Å². The number of rotatable bonds is 5. The molecular weight excluding hydrogens is 401 g/mol. The van der Waals surface area contributed by atoms with Crippen molar-refractivity contribution >= 4 is 29.2 Å². The van der Waals surface area contributed by atoms with Crippen molar-refractivity contribution in [1.29, 1.82) is 0 Å². The summed E-state index contributed by atoms with van der Waals surface area (Å²) >= 11 is 0. The predicted molar refractivity (Wildman–Crippen MR) is 103 cm³/mol. The molecule has 0 unspecified atom stereocenters. The van der Waals surface area contributed by atoms with Crippen molar-refractivity contribution in [2.24, 2.45) is 5.92 Å². The summed E-state index contributed by atoms with van der Waals surface area (Å²) in [5.41, 5.74) is 0.200. The number of carbonyl (C=O) groups excluding carboxylic acids is 3. The maximum absolute atomic E-state index is 13.0. The number of nitrogens with zero attached hydrogens (tertiary/aromatic N) is 1. The van der Waals surface area contributed by atoms with Crippen molar-refractivity contribution in [2.45, 2.75) is 19.5 Å². The third kappa shape index (κ3) is 4.97. The van der Waals surface area contributed by atoms with E-state index in [1.54, 1.807) is 12.1 Å². The fourth-order valence-corrected chi connectivity index (χ4v) is 3.19. The summed E-state index contributed by atoms with van der Waals surface area (Å²) in [4.78, 5) is 37.9. The number of halogens is 3. The quantitative estimate of drug-likeness (QED) is 0.751. The molecule has 0 spiro atoms. The van der Waals surface area contributed by atoms with Gasteiger partial charge in [-0.2, -0.15) is 13.2 Å². The molecule has 1 fully saturated rings. The number of aryl methyl sites for hydroxylation is 1. The van der Waals surface area contributed by atoms with Gasteiger partial charge in [0.1, 0.15) is 0 Å². The number of alkyl halides is 3. The van der Waals surface area contributed by atoms with E-state index in [9.17, 15) is 27.6 Å². The van der Waals surface area contributed by atoms with Gasteiger partial charge >= 0.3 is 12.1 Å². The van der Waals surface area contributed by atoms with E-state index in [4.69, 9.17) is 4.74 Å². The second-order valence-electron chi connectivity index (χ2n) is 6.94. The Kier molecular flexibility index (Phi) is 6.09. The lowest BCUT2D eigenvalue weighted by Gasteiger charge is -2.17. The highest BCUT2D eigenvalue weighted by molar-refractivity contribution is 6.00. The first-order chi connectivity index (χ1) is 14.1. The van der Waals surface area contributed by atoms with Gasteiger partial charge in [-0.25, -0.2) is 0 Å². The molecule has 9 heteroatoms. The average Bonchev–Trinajstić information content (AvgIpc) is 3.07. The van der Waals surface area contributed by atoms with Gasteiger partial charge in [0.05, 0.1) is 17.2 Å². The van der Waals surface area contributed by atoms with Gasteiger partial charge in [0.15, 0.2) is 6.61 Å². The summed E-state index contributed by atoms with van der Waals surface area (Å²) < 4.78 is 43.9. The molecule has 2 aromatic carbocycles. The maximum Gasteiger partial charge on any atom is 0.418 e. The zero-order chi connectivity index (χ0) is 21.9. The number of hydrogen-bond donors (Lipinski definition) is 1. The molecule has 1 N–H and O–H groups in total. The number of ether oxygens (including phenoxy) is 1. The Hall–Kier alpha value is -3.36. The number of para-hydroxylation sites is 1. The lowest BCUT2D eigenvalue weighted by atomic mass is 10.1. The summed E-state index contributed by atoms with van der Waals surface area (Å²) in [6.45, 7) is 1.24. The molecule has 1 saturated heterocycles. The molecule has 0 aliphatic carbocycles. The van der Waals surface area contributed by atoms with Gasteiger partial charge in [-0.15, -0.1) is 0 Å². The molecule has 0 bridgehead atoms. The third-order valence-corrected chi connectivity index (χ3v) is 4.62. The molecule has 0 saturated carbocycles. The van der Waals surface area contributed by atoms with Gasteiger partial charge in [0, 0.05) is 18.7 Å². The van der Waals surface area contributed by atoms with E-state index in [0.29, 0.717) is 5.69 Å². The number of benzene rings is 2. The Morgan fingerprint density at radius 2 is 1.90 bits per heavy atom. The predicted octanol–water partition coefficient (Wildman–Crippen LogP) is 3.55. The summed E-state index contributed by atoms with van der Waals surface area (Å²) in [5.74, 6) is -2.66. The number of hydrogen-bond acceptors (Lipinski definition) is 4. The third-order valence-electron chi connectivity index (χ3n) is 4.62. The normalized spacial score (nSPS) is 16.5. The molecule has 2 amide bonds. The van der Waals surface area contributed by atoms with E-state index in [1.165, 1.54) is 17.0 Å². The number of carbonyl (C=O) groups is 3. The maximum atomic E-state index is 13.0. The monoisotopic (exact) mass is 420 g/mol. The minimum Gasteiger partial charge on any atom is -0.455 e. The Morgan fingerprint density at radius 1 is 1.17 bits per heavy atom. The molecule has 2 aromatic rings. The molecule has 1 aliphatic heterocycles. The molecular formula is C21H19F3N2O4. The first kappa shape index (κ1) is 21.4. The van der Waals surface area contributed by atoms with Gasteiger partial charge in [0.25, 0.3) is 5.91 Å². The smallest absolute Gasteiger partial charge is 0.418 e. The van der Waals surface area contributed by atoms with Crippen molar-refractivity contribution < 1.29 is 32.3 Å². The van der Waals surface area contributed by atoms with Crippen LogP contribution in [0.25, 0.3) is 0 Å². The van der Waals surface area contributed by atoms with Crippen LogP contribution in [0, 0.1) is 12.8 Å². The standard InChI is InChI=1S/C21H19F3N2O4/c1-13-5-4-6-15(9-13)26-11-14(10-19(26)28)20(29)30-12-18(27)25-17-8-3-2-7-16(17)21(22,23)24/h2-9,14H,10-12H2,1H3,(H,25,27)/t14-/m0/s1. The summed E-state index contributed by atoms with van der Waals surface area (Å²) in [6, 6.07) is 11.7. The number of anilines is 2. The van der Waals surface area contributed by atoms with Crippen molar-refractivity contribution in [3.05, 3.63) is 59.7 Å². The molecule has 30 heavy (non-hydrogen) atoms. The Bertz CT molecular complexity index is 975. The number of amides is 2. The fourth-order valence-electron chi connectivity index (χ4n) is 3.19. The molecule has 1 heterocycles. The van der Waals surface area contributed by atoms with Crippen LogP contribution in [-0.4, -0.2) is 30.9 Å². The first-order valence-electron chi connectivity index (χ1n) is 9.15. The highest BCUT2D eigenvalue weighted by atomic mass is 19.4.